The van der Waals surface area contributed by atoms with Crippen molar-refractivity contribution in [3.63, 3.8) is 0 Å². The van der Waals surface area contributed by atoms with Gasteiger partial charge in [-0.1, -0.05) is 51.1 Å². The van der Waals surface area contributed by atoms with Gasteiger partial charge in [0.15, 0.2) is 8.32 Å². The predicted molar refractivity (Wildman–Crippen MR) is 107 cm³/mol. The number of likely N-dealkylation sites (N-methyl/N-ethyl adjacent to an activating group) is 1. The summed E-state index contributed by atoms with van der Waals surface area (Å²) in [5, 5.41) is 10.8. The van der Waals surface area contributed by atoms with Gasteiger partial charge < -0.3 is 9.53 Å². The van der Waals surface area contributed by atoms with Gasteiger partial charge in [0, 0.05) is 13.6 Å². The number of rotatable bonds is 8. The van der Waals surface area contributed by atoms with E-state index in [1.165, 1.54) is 14.2 Å². The molecule has 8 heteroatoms. The minimum atomic E-state index is -2.16. The highest BCUT2D eigenvalue weighted by molar-refractivity contribution is 6.74. The maximum Gasteiger partial charge on any atom is 0.408 e. The zero-order valence-corrected chi connectivity index (χ0v) is 18.4. The fourth-order valence-corrected chi connectivity index (χ4v) is 3.20. The summed E-state index contributed by atoms with van der Waals surface area (Å²) in [6.45, 7) is 10.5. The molecule has 27 heavy (non-hydrogen) atoms. The number of nitrogens with zero attached hydrogens (tertiary/aromatic N) is 2. The second-order valence-electron chi connectivity index (χ2n) is 8.00. The lowest BCUT2D eigenvalue weighted by Crippen LogP contribution is -2.54. The van der Waals surface area contributed by atoms with Crippen LogP contribution in [0.15, 0.2) is 30.3 Å². The Morgan fingerprint density at radius 3 is 2.19 bits per heavy atom. The molecule has 0 aliphatic carbocycles. The summed E-state index contributed by atoms with van der Waals surface area (Å²) in [7, 11) is 0.667. The second kappa shape index (κ2) is 9.34. The number of carbonyl (C=O) groups excluding carboxylic acids is 1. The van der Waals surface area contributed by atoms with Crippen molar-refractivity contribution in [3.05, 3.63) is 35.9 Å². The molecule has 7 nitrogen and oxygen atoms in total. The molecule has 0 saturated carbocycles. The fraction of sp³-hybridized carbons (Fsp3) is 0.579. The van der Waals surface area contributed by atoms with Gasteiger partial charge in [-0.05, 0) is 23.7 Å². The van der Waals surface area contributed by atoms with Crippen molar-refractivity contribution in [2.45, 2.75) is 51.5 Å². The molecule has 0 aliphatic rings. The van der Waals surface area contributed by atoms with Crippen molar-refractivity contribution >= 4 is 20.3 Å². The number of amides is 2. The average Bonchev–Trinajstić information content (AvgIpc) is 2.59. The van der Waals surface area contributed by atoms with Gasteiger partial charge in [-0.25, -0.2) is 9.86 Å². The van der Waals surface area contributed by atoms with Crippen LogP contribution < -0.4 is 0 Å². The highest BCUT2D eigenvalue weighted by Crippen LogP contribution is 2.36. The van der Waals surface area contributed by atoms with Gasteiger partial charge in [0.25, 0.3) is 5.91 Å². The quantitative estimate of drug-likeness (QED) is 0.537. The number of hydrogen-bond donors (Lipinski definition) is 1. The van der Waals surface area contributed by atoms with Crippen LogP contribution in [0.2, 0.25) is 18.1 Å². The maximum absolute atomic E-state index is 12.8. The normalized spacial score (nSPS) is 13.1. The minimum Gasteiger partial charge on any atom is -0.465 e. The largest absolute Gasteiger partial charge is 0.465 e. The Balaban J connectivity index is 3.13. The van der Waals surface area contributed by atoms with Crippen LogP contribution in [0.5, 0.6) is 0 Å². The van der Waals surface area contributed by atoms with Crippen LogP contribution in [-0.4, -0.2) is 62.2 Å². The molecule has 152 valence electrons. The molecule has 0 unspecified atom stereocenters. The summed E-state index contributed by atoms with van der Waals surface area (Å²) in [4.78, 5) is 30.9. The Kier molecular flexibility index (Phi) is 8.00. The summed E-state index contributed by atoms with van der Waals surface area (Å²) >= 11 is 0. The van der Waals surface area contributed by atoms with E-state index >= 15 is 0 Å². The lowest BCUT2D eigenvalue weighted by Gasteiger charge is -2.39. The number of hydroxylamine groups is 2. The van der Waals surface area contributed by atoms with Crippen LogP contribution in [0.25, 0.3) is 0 Å². The van der Waals surface area contributed by atoms with E-state index < -0.39 is 26.4 Å². The zero-order valence-electron chi connectivity index (χ0n) is 17.4. The highest BCUT2D eigenvalue weighted by atomic mass is 28.4. The molecule has 0 bridgehead atoms. The first-order valence-electron chi connectivity index (χ1n) is 8.90. The van der Waals surface area contributed by atoms with Crippen LogP contribution in [0.1, 0.15) is 26.3 Å². The van der Waals surface area contributed by atoms with E-state index in [2.05, 4.69) is 33.9 Å². The van der Waals surface area contributed by atoms with Crippen LogP contribution in [-0.2, 0) is 20.6 Å². The third kappa shape index (κ3) is 6.33. The Hall–Kier alpha value is -1.90. The monoisotopic (exact) mass is 396 g/mol. The molecule has 0 fully saturated rings. The smallest absolute Gasteiger partial charge is 0.408 e. The molecule has 2 amide bonds. The molecule has 1 atom stereocenters. The van der Waals surface area contributed by atoms with Gasteiger partial charge in [0.05, 0.1) is 13.7 Å². The molecule has 0 heterocycles. The molecule has 0 saturated heterocycles. The van der Waals surface area contributed by atoms with Crippen LogP contribution in [0, 0.1) is 0 Å². The first kappa shape index (κ1) is 23.1. The van der Waals surface area contributed by atoms with Crippen molar-refractivity contribution < 1.29 is 24.0 Å². The van der Waals surface area contributed by atoms with E-state index in [-0.39, 0.29) is 18.2 Å². The van der Waals surface area contributed by atoms with E-state index in [1.807, 2.05) is 30.3 Å². The summed E-state index contributed by atoms with van der Waals surface area (Å²) in [5.41, 5.74) is 0.796. The average molecular weight is 397 g/mol. The molecule has 0 radical (unpaired) electrons. The zero-order chi connectivity index (χ0) is 20.8. The van der Waals surface area contributed by atoms with Crippen molar-refractivity contribution in [3.8, 4) is 0 Å². The third-order valence-electron chi connectivity index (χ3n) is 5.10. The van der Waals surface area contributed by atoms with E-state index in [0.29, 0.717) is 0 Å². The first-order chi connectivity index (χ1) is 12.4. The van der Waals surface area contributed by atoms with Crippen molar-refractivity contribution in [2.24, 2.45) is 0 Å². The summed E-state index contributed by atoms with van der Waals surface area (Å²) in [6.07, 6.45) is -1.18. The lowest BCUT2D eigenvalue weighted by molar-refractivity contribution is -0.175. The molecule has 1 aromatic rings. The Labute approximate surface area is 162 Å². The molecular formula is C19H32N2O5Si. The van der Waals surface area contributed by atoms with E-state index in [1.54, 1.807) is 0 Å². The van der Waals surface area contributed by atoms with Crippen LogP contribution >= 0.6 is 0 Å². The molecule has 1 rings (SSSR count). The SMILES string of the molecule is CON(C)C(=O)[C@@H](CO[Si](C)(C)C(C)(C)C)N(Cc1ccccc1)C(=O)O. The second-order valence-corrected chi connectivity index (χ2v) is 12.8. The molecule has 1 N–H and O–H groups in total. The van der Waals surface area contributed by atoms with E-state index in [9.17, 15) is 14.7 Å². The van der Waals surface area contributed by atoms with Crippen molar-refractivity contribution in [1.82, 2.24) is 9.96 Å². The Morgan fingerprint density at radius 2 is 1.74 bits per heavy atom. The van der Waals surface area contributed by atoms with Gasteiger partial charge in [-0.2, -0.15) is 0 Å². The van der Waals surface area contributed by atoms with Crippen LogP contribution in [0.3, 0.4) is 0 Å². The van der Waals surface area contributed by atoms with Crippen molar-refractivity contribution in [1.29, 1.82) is 0 Å². The molecule has 1 aromatic carbocycles. The fourth-order valence-electron chi connectivity index (χ4n) is 2.19. The number of hydrogen-bond acceptors (Lipinski definition) is 4. The van der Waals surface area contributed by atoms with E-state index in [0.717, 1.165) is 15.5 Å². The summed E-state index contributed by atoms with van der Waals surface area (Å²) < 4.78 is 6.17. The third-order valence-corrected chi connectivity index (χ3v) is 9.60. The maximum atomic E-state index is 12.8. The van der Waals surface area contributed by atoms with Gasteiger partial charge in [-0.15, -0.1) is 0 Å². The highest BCUT2D eigenvalue weighted by Gasteiger charge is 2.40. The van der Waals surface area contributed by atoms with E-state index in [4.69, 9.17) is 9.26 Å². The standard InChI is InChI=1S/C19H32N2O5Si/c1-19(2,3)27(6,7)26-14-16(17(22)20(4)25-5)21(18(23)24)13-15-11-9-8-10-12-15/h8-12,16H,13-14H2,1-7H3,(H,23,24)/t16-/m1/s1. The number of benzene rings is 1. The molecule has 0 spiro atoms. The Bertz CT molecular complexity index is 631. The molecule has 0 aliphatic heterocycles. The minimum absolute atomic E-state index is 0.0117. The predicted octanol–water partition coefficient (Wildman–Crippen LogP) is 3.58. The number of carbonyl (C=O) groups is 2. The summed E-state index contributed by atoms with van der Waals surface area (Å²) in [6, 6.07) is 8.18. The molecule has 0 aromatic heterocycles. The van der Waals surface area contributed by atoms with Crippen LogP contribution in [0.4, 0.5) is 4.79 Å². The topological polar surface area (TPSA) is 79.3 Å². The Morgan fingerprint density at radius 1 is 1.19 bits per heavy atom. The molecular weight excluding hydrogens is 364 g/mol. The van der Waals surface area contributed by atoms with Gasteiger partial charge >= 0.3 is 6.09 Å². The number of carboxylic acid groups (broad SMARTS) is 1. The lowest BCUT2D eigenvalue weighted by atomic mass is 10.1. The van der Waals surface area contributed by atoms with Gasteiger partial charge in [-0.3, -0.25) is 14.5 Å². The van der Waals surface area contributed by atoms with Gasteiger partial charge in [0.2, 0.25) is 0 Å². The van der Waals surface area contributed by atoms with Gasteiger partial charge in [0.1, 0.15) is 6.04 Å². The first-order valence-corrected chi connectivity index (χ1v) is 11.8. The summed E-state index contributed by atoms with van der Waals surface area (Å²) in [5.74, 6) is -0.463. The van der Waals surface area contributed by atoms with Crippen molar-refractivity contribution in [2.75, 3.05) is 20.8 Å².